The Morgan fingerprint density at radius 1 is 0.925 bits per heavy atom. The smallest absolute Gasteiger partial charge is 0.262 e. The number of ketones is 1. The molecule has 40 heavy (non-hydrogen) atoms. The molecule has 0 saturated carbocycles. The van der Waals surface area contributed by atoms with Crippen LogP contribution in [-0.2, 0) is 13.0 Å². The van der Waals surface area contributed by atoms with Gasteiger partial charge in [0.15, 0.2) is 5.78 Å². The number of carbonyl (C=O) groups is 1. The average molecular weight is 539 g/mol. The van der Waals surface area contributed by atoms with Crippen LogP contribution < -0.4 is 10.5 Å². The first-order valence-electron chi connectivity index (χ1n) is 14.7. The lowest BCUT2D eigenvalue weighted by molar-refractivity contribution is 0.103. The Morgan fingerprint density at radius 2 is 1.65 bits per heavy atom. The largest absolute Gasteiger partial charge is 0.357 e. The molecule has 2 fully saturated rings. The molecule has 5 heterocycles. The van der Waals surface area contributed by atoms with E-state index in [-0.39, 0.29) is 11.3 Å². The summed E-state index contributed by atoms with van der Waals surface area (Å²) in [5.41, 5.74) is 3.78. The minimum atomic E-state index is -0.0308. The highest BCUT2D eigenvalue weighted by atomic mass is 16.1. The minimum Gasteiger partial charge on any atom is -0.357 e. The molecule has 0 aliphatic carbocycles. The zero-order chi connectivity index (χ0) is 27.6. The first-order chi connectivity index (χ1) is 19.5. The second-order valence-electron chi connectivity index (χ2n) is 11.2. The van der Waals surface area contributed by atoms with Gasteiger partial charge in [0, 0.05) is 60.1 Å². The fraction of sp³-hybridized carbons (Fsp3) is 0.438. The molecule has 2 saturated heterocycles. The fourth-order valence-electron chi connectivity index (χ4n) is 6.32. The SMILES string of the molecule is CCc1c(C)nc2n(Cc3ccc(C(=O)c4ccc(N5CCC(N6CCCCC6)CC5)nc4)cc3)ccn2c1=O. The van der Waals surface area contributed by atoms with Crippen molar-refractivity contribution < 1.29 is 4.79 Å². The summed E-state index contributed by atoms with van der Waals surface area (Å²) in [6.45, 7) is 8.96. The maximum atomic E-state index is 13.2. The van der Waals surface area contributed by atoms with Gasteiger partial charge in [0.05, 0.1) is 6.54 Å². The number of piperidine rings is 2. The highest BCUT2D eigenvalue weighted by Gasteiger charge is 2.26. The topological polar surface area (TPSA) is 75.7 Å². The first kappa shape index (κ1) is 26.4. The van der Waals surface area contributed by atoms with E-state index in [1.165, 1.54) is 45.2 Å². The van der Waals surface area contributed by atoms with Crippen LogP contribution in [0.2, 0.25) is 0 Å². The summed E-state index contributed by atoms with van der Waals surface area (Å²) in [4.78, 5) is 40.3. The Kier molecular flexibility index (Phi) is 7.52. The third-order valence-corrected chi connectivity index (χ3v) is 8.68. The van der Waals surface area contributed by atoms with Crippen molar-refractivity contribution in [3.05, 3.63) is 93.3 Å². The second kappa shape index (κ2) is 11.4. The van der Waals surface area contributed by atoms with Crippen LogP contribution in [-0.4, -0.2) is 61.8 Å². The van der Waals surface area contributed by atoms with E-state index in [0.717, 1.165) is 35.7 Å². The van der Waals surface area contributed by atoms with Crippen molar-refractivity contribution >= 4 is 17.4 Å². The molecule has 208 valence electrons. The number of imidazole rings is 1. The zero-order valence-corrected chi connectivity index (χ0v) is 23.6. The summed E-state index contributed by atoms with van der Waals surface area (Å²) >= 11 is 0. The summed E-state index contributed by atoms with van der Waals surface area (Å²) in [5, 5.41) is 0. The van der Waals surface area contributed by atoms with Gasteiger partial charge in [0.1, 0.15) is 5.82 Å². The van der Waals surface area contributed by atoms with Gasteiger partial charge in [0.2, 0.25) is 5.78 Å². The number of aromatic nitrogens is 4. The van der Waals surface area contributed by atoms with E-state index in [4.69, 9.17) is 0 Å². The maximum absolute atomic E-state index is 13.2. The Morgan fingerprint density at radius 3 is 2.33 bits per heavy atom. The number of nitrogens with zero attached hydrogens (tertiary/aromatic N) is 6. The van der Waals surface area contributed by atoms with Crippen molar-refractivity contribution in [2.45, 2.75) is 65.0 Å². The quantitative estimate of drug-likeness (QED) is 0.323. The minimum absolute atomic E-state index is 0.00810. The molecule has 0 unspecified atom stereocenters. The van der Waals surface area contributed by atoms with Crippen molar-refractivity contribution in [1.29, 1.82) is 0 Å². The Hall–Kier alpha value is -3.78. The predicted octanol–water partition coefficient (Wildman–Crippen LogP) is 4.50. The summed E-state index contributed by atoms with van der Waals surface area (Å²) in [6.07, 6.45) is 12.4. The normalized spacial score (nSPS) is 17.0. The molecule has 0 bridgehead atoms. The molecular formula is C32H38N6O2. The molecule has 0 radical (unpaired) electrons. The number of anilines is 1. The molecule has 8 heteroatoms. The van der Waals surface area contributed by atoms with Crippen LogP contribution in [0.5, 0.6) is 0 Å². The van der Waals surface area contributed by atoms with Crippen LogP contribution in [0.15, 0.2) is 59.8 Å². The maximum Gasteiger partial charge on any atom is 0.262 e. The number of benzene rings is 1. The van der Waals surface area contributed by atoms with E-state index in [9.17, 15) is 9.59 Å². The molecule has 8 nitrogen and oxygen atoms in total. The van der Waals surface area contributed by atoms with Gasteiger partial charge in [-0.15, -0.1) is 0 Å². The van der Waals surface area contributed by atoms with Crippen molar-refractivity contribution in [3.63, 3.8) is 0 Å². The molecule has 1 aromatic carbocycles. The highest BCUT2D eigenvalue weighted by molar-refractivity contribution is 6.08. The van der Waals surface area contributed by atoms with Gasteiger partial charge in [0.25, 0.3) is 5.56 Å². The molecule has 4 aromatic rings. The summed E-state index contributed by atoms with van der Waals surface area (Å²) in [6, 6.07) is 12.2. The molecule has 0 atom stereocenters. The van der Waals surface area contributed by atoms with Crippen molar-refractivity contribution in [3.8, 4) is 0 Å². The van der Waals surface area contributed by atoms with Crippen molar-refractivity contribution in [1.82, 2.24) is 23.8 Å². The lowest BCUT2D eigenvalue weighted by Gasteiger charge is -2.40. The van der Waals surface area contributed by atoms with Crippen LogP contribution in [0.1, 0.15) is 71.8 Å². The first-order valence-corrected chi connectivity index (χ1v) is 14.7. The number of hydrogen-bond donors (Lipinski definition) is 0. The van der Waals surface area contributed by atoms with Crippen LogP contribution in [0, 0.1) is 6.92 Å². The third kappa shape index (κ3) is 5.20. The molecule has 3 aromatic heterocycles. The van der Waals surface area contributed by atoms with Crippen molar-refractivity contribution in [2.75, 3.05) is 31.1 Å². The molecule has 0 spiro atoms. The van der Waals surface area contributed by atoms with E-state index >= 15 is 0 Å². The molecule has 2 aliphatic rings. The summed E-state index contributed by atoms with van der Waals surface area (Å²) < 4.78 is 3.57. The van der Waals surface area contributed by atoms with E-state index in [2.05, 4.69) is 19.8 Å². The summed E-state index contributed by atoms with van der Waals surface area (Å²) in [5.74, 6) is 1.55. The number of hydrogen-bond acceptors (Lipinski definition) is 6. The van der Waals surface area contributed by atoms with E-state index in [1.54, 1.807) is 16.8 Å². The van der Waals surface area contributed by atoms with Gasteiger partial charge in [-0.25, -0.2) is 9.97 Å². The molecule has 6 rings (SSSR count). The predicted molar refractivity (Wildman–Crippen MR) is 157 cm³/mol. The van der Waals surface area contributed by atoms with Gasteiger partial charge >= 0.3 is 0 Å². The van der Waals surface area contributed by atoms with Crippen molar-refractivity contribution in [2.24, 2.45) is 0 Å². The lowest BCUT2D eigenvalue weighted by atomic mass is 10.00. The average Bonchev–Trinajstić information content (AvgIpc) is 3.40. The molecular weight excluding hydrogens is 500 g/mol. The standard InChI is InChI=1S/C32H38N6O2/c1-3-28-23(2)34-32-37(19-20-38(32)31(28)40)22-24-7-9-25(10-8-24)30(39)26-11-12-29(33-21-26)36-17-13-27(14-18-36)35-15-5-4-6-16-35/h7-12,19-21,27H,3-6,13-18,22H2,1-2H3. The van der Waals surface area contributed by atoms with Gasteiger partial charge < -0.3 is 14.4 Å². The highest BCUT2D eigenvalue weighted by Crippen LogP contribution is 2.24. The zero-order valence-electron chi connectivity index (χ0n) is 23.6. The molecule has 2 aliphatic heterocycles. The molecule has 0 amide bonds. The number of aryl methyl sites for hydroxylation is 1. The third-order valence-electron chi connectivity index (χ3n) is 8.68. The van der Waals surface area contributed by atoms with Gasteiger partial charge in [-0.2, -0.15) is 0 Å². The number of rotatable bonds is 7. The number of likely N-dealkylation sites (tertiary alicyclic amines) is 1. The van der Waals surface area contributed by atoms with Crippen LogP contribution >= 0.6 is 0 Å². The van der Waals surface area contributed by atoms with E-state index in [1.807, 2.05) is 61.0 Å². The second-order valence-corrected chi connectivity index (χ2v) is 11.2. The Balaban J connectivity index is 1.09. The molecule has 0 N–H and O–H groups in total. The van der Waals surface area contributed by atoms with Gasteiger partial charge in [-0.1, -0.05) is 37.6 Å². The van der Waals surface area contributed by atoms with Crippen LogP contribution in [0.4, 0.5) is 5.82 Å². The van der Waals surface area contributed by atoms with E-state index < -0.39 is 0 Å². The number of pyridine rings is 1. The Labute approximate surface area is 235 Å². The van der Waals surface area contributed by atoms with E-state index in [0.29, 0.717) is 35.9 Å². The summed E-state index contributed by atoms with van der Waals surface area (Å²) in [7, 11) is 0. The number of carbonyl (C=O) groups excluding carboxylic acids is 1. The lowest BCUT2D eigenvalue weighted by Crippen LogP contribution is -2.46. The monoisotopic (exact) mass is 538 g/mol. The Bertz CT molecular complexity index is 1540. The van der Waals surface area contributed by atoms with Crippen LogP contribution in [0.3, 0.4) is 0 Å². The fourth-order valence-corrected chi connectivity index (χ4v) is 6.32. The van der Waals surface area contributed by atoms with Gasteiger partial charge in [-0.3, -0.25) is 14.0 Å². The number of fused-ring (bicyclic) bond motifs is 1. The van der Waals surface area contributed by atoms with Crippen LogP contribution in [0.25, 0.3) is 5.78 Å². The van der Waals surface area contributed by atoms with Gasteiger partial charge in [-0.05, 0) is 69.8 Å².